The monoisotopic (exact) mass is 349 g/mol. The van der Waals surface area contributed by atoms with E-state index in [0.717, 1.165) is 18.1 Å². The van der Waals surface area contributed by atoms with Crippen LogP contribution in [0, 0.1) is 5.82 Å². The number of hydrogen-bond acceptors (Lipinski definition) is 3. The highest BCUT2D eigenvalue weighted by Crippen LogP contribution is 2.19. The molecule has 1 unspecified atom stereocenters. The zero-order valence-corrected chi connectivity index (χ0v) is 15.4. The number of hydrogen-bond donors (Lipinski definition) is 1. The van der Waals surface area contributed by atoms with Gasteiger partial charge in [-0.2, -0.15) is 11.3 Å². The number of benzene rings is 1. The zero-order valence-electron chi connectivity index (χ0n) is 14.5. The van der Waals surface area contributed by atoms with E-state index in [2.05, 4.69) is 34.1 Å². The summed E-state index contributed by atoms with van der Waals surface area (Å²) in [6.45, 7) is 3.54. The Morgan fingerprint density at radius 3 is 2.79 bits per heavy atom. The SMILES string of the molecule is CN=C(NCC(C)c1ccsc1)N(C)Cc1ccc(OC)c(F)c1. The second-order valence-electron chi connectivity index (χ2n) is 5.71. The van der Waals surface area contributed by atoms with Crippen LogP contribution in [0.3, 0.4) is 0 Å². The molecule has 2 rings (SSSR count). The fourth-order valence-electron chi connectivity index (χ4n) is 2.46. The van der Waals surface area contributed by atoms with Crippen molar-refractivity contribution in [2.45, 2.75) is 19.4 Å². The summed E-state index contributed by atoms with van der Waals surface area (Å²) in [6, 6.07) is 7.15. The third-order valence-corrected chi connectivity index (χ3v) is 4.59. The third-order valence-electron chi connectivity index (χ3n) is 3.89. The van der Waals surface area contributed by atoms with Gasteiger partial charge in [-0.25, -0.2) is 4.39 Å². The smallest absolute Gasteiger partial charge is 0.193 e. The van der Waals surface area contributed by atoms with Gasteiger partial charge in [-0.3, -0.25) is 4.99 Å². The molecule has 24 heavy (non-hydrogen) atoms. The van der Waals surface area contributed by atoms with E-state index in [4.69, 9.17) is 4.74 Å². The molecule has 0 saturated carbocycles. The summed E-state index contributed by atoms with van der Waals surface area (Å²) >= 11 is 1.71. The maximum atomic E-state index is 13.8. The van der Waals surface area contributed by atoms with Gasteiger partial charge in [-0.05, 0) is 46.0 Å². The van der Waals surface area contributed by atoms with E-state index in [-0.39, 0.29) is 11.6 Å². The van der Waals surface area contributed by atoms with Gasteiger partial charge in [-0.15, -0.1) is 0 Å². The maximum absolute atomic E-state index is 13.8. The Kier molecular flexibility index (Phi) is 6.61. The predicted octanol–water partition coefficient (Wildman–Crippen LogP) is 3.71. The molecular formula is C18H24FN3OS. The van der Waals surface area contributed by atoms with Crippen molar-refractivity contribution in [3.8, 4) is 5.75 Å². The Morgan fingerprint density at radius 2 is 2.21 bits per heavy atom. The molecule has 0 aliphatic carbocycles. The van der Waals surface area contributed by atoms with Crippen LogP contribution < -0.4 is 10.1 Å². The van der Waals surface area contributed by atoms with E-state index in [9.17, 15) is 4.39 Å². The van der Waals surface area contributed by atoms with Crippen LogP contribution in [-0.4, -0.2) is 38.6 Å². The van der Waals surface area contributed by atoms with Crippen LogP contribution in [-0.2, 0) is 6.54 Å². The van der Waals surface area contributed by atoms with E-state index >= 15 is 0 Å². The van der Waals surface area contributed by atoms with Crippen molar-refractivity contribution in [3.05, 3.63) is 52.0 Å². The highest BCUT2D eigenvalue weighted by molar-refractivity contribution is 7.07. The van der Waals surface area contributed by atoms with Crippen molar-refractivity contribution in [2.24, 2.45) is 4.99 Å². The molecule has 0 spiro atoms. The highest BCUT2D eigenvalue weighted by Gasteiger charge is 2.11. The van der Waals surface area contributed by atoms with Gasteiger partial charge >= 0.3 is 0 Å². The van der Waals surface area contributed by atoms with Crippen LogP contribution in [0.1, 0.15) is 24.0 Å². The van der Waals surface area contributed by atoms with E-state index in [0.29, 0.717) is 12.5 Å². The fourth-order valence-corrected chi connectivity index (χ4v) is 3.24. The van der Waals surface area contributed by atoms with Crippen LogP contribution in [0.2, 0.25) is 0 Å². The van der Waals surface area contributed by atoms with Crippen molar-refractivity contribution in [2.75, 3.05) is 27.7 Å². The molecule has 1 aromatic heterocycles. The van der Waals surface area contributed by atoms with Gasteiger partial charge in [0.15, 0.2) is 17.5 Å². The van der Waals surface area contributed by atoms with Crippen molar-refractivity contribution < 1.29 is 9.13 Å². The minimum Gasteiger partial charge on any atom is -0.494 e. The lowest BCUT2D eigenvalue weighted by molar-refractivity contribution is 0.385. The molecule has 0 aliphatic rings. The van der Waals surface area contributed by atoms with Crippen LogP contribution >= 0.6 is 11.3 Å². The molecule has 1 N–H and O–H groups in total. The molecule has 130 valence electrons. The molecule has 2 aromatic rings. The molecule has 0 fully saturated rings. The first-order valence-electron chi connectivity index (χ1n) is 7.81. The summed E-state index contributed by atoms with van der Waals surface area (Å²) in [7, 11) is 5.15. The van der Waals surface area contributed by atoms with Crippen LogP contribution in [0.15, 0.2) is 40.0 Å². The highest BCUT2D eigenvalue weighted by atomic mass is 32.1. The minimum absolute atomic E-state index is 0.258. The quantitative estimate of drug-likeness (QED) is 0.638. The molecule has 0 radical (unpaired) electrons. The molecule has 0 amide bonds. The number of rotatable bonds is 6. The zero-order chi connectivity index (χ0) is 17.5. The van der Waals surface area contributed by atoms with Gasteiger partial charge in [-0.1, -0.05) is 13.0 Å². The fraction of sp³-hybridized carbons (Fsp3) is 0.389. The Labute approximate surface area is 147 Å². The molecule has 1 atom stereocenters. The largest absolute Gasteiger partial charge is 0.494 e. The summed E-state index contributed by atoms with van der Waals surface area (Å²) in [4.78, 5) is 6.28. The first-order chi connectivity index (χ1) is 11.5. The van der Waals surface area contributed by atoms with Crippen molar-refractivity contribution in [1.29, 1.82) is 0 Å². The average Bonchev–Trinajstić information content (AvgIpc) is 3.10. The predicted molar refractivity (Wildman–Crippen MR) is 98.5 cm³/mol. The first kappa shape index (κ1) is 18.3. The van der Waals surface area contributed by atoms with Crippen LogP contribution in [0.4, 0.5) is 4.39 Å². The Hall–Kier alpha value is -2.08. The summed E-state index contributed by atoms with van der Waals surface area (Å²) in [5.41, 5.74) is 2.19. The first-order valence-corrected chi connectivity index (χ1v) is 8.75. The van der Waals surface area contributed by atoms with Crippen molar-refractivity contribution >= 4 is 17.3 Å². The Morgan fingerprint density at radius 1 is 1.42 bits per heavy atom. The van der Waals surface area contributed by atoms with Gasteiger partial charge in [0, 0.05) is 27.2 Å². The molecule has 6 heteroatoms. The van der Waals surface area contributed by atoms with E-state index < -0.39 is 0 Å². The molecule has 0 bridgehead atoms. The third kappa shape index (κ3) is 4.71. The molecule has 4 nitrogen and oxygen atoms in total. The summed E-state index contributed by atoms with van der Waals surface area (Å²) in [5.74, 6) is 1.10. The van der Waals surface area contributed by atoms with Gasteiger partial charge < -0.3 is 15.0 Å². The topological polar surface area (TPSA) is 36.9 Å². The maximum Gasteiger partial charge on any atom is 0.193 e. The minimum atomic E-state index is -0.350. The van der Waals surface area contributed by atoms with Crippen molar-refractivity contribution in [3.63, 3.8) is 0 Å². The van der Waals surface area contributed by atoms with E-state index in [1.807, 2.05) is 18.0 Å². The summed E-state index contributed by atoms with van der Waals surface area (Å²) < 4.78 is 18.8. The summed E-state index contributed by atoms with van der Waals surface area (Å²) in [6.07, 6.45) is 0. The molecule has 1 heterocycles. The van der Waals surface area contributed by atoms with Gasteiger partial charge in [0.25, 0.3) is 0 Å². The average molecular weight is 349 g/mol. The number of halogens is 1. The number of nitrogens with zero attached hydrogens (tertiary/aromatic N) is 2. The Balaban J connectivity index is 1.94. The summed E-state index contributed by atoms with van der Waals surface area (Å²) in [5, 5.41) is 7.63. The number of ether oxygens (including phenoxy) is 1. The van der Waals surface area contributed by atoms with E-state index in [1.54, 1.807) is 24.5 Å². The number of aliphatic imine (C=N–C) groups is 1. The van der Waals surface area contributed by atoms with Gasteiger partial charge in [0.1, 0.15) is 0 Å². The Bertz CT molecular complexity index is 673. The van der Waals surface area contributed by atoms with Gasteiger partial charge in [0.05, 0.1) is 7.11 Å². The van der Waals surface area contributed by atoms with Gasteiger partial charge in [0.2, 0.25) is 0 Å². The van der Waals surface area contributed by atoms with Crippen LogP contribution in [0.25, 0.3) is 0 Å². The number of nitrogens with one attached hydrogen (secondary N) is 1. The molecule has 0 aliphatic heterocycles. The molecule has 1 aromatic carbocycles. The number of methoxy groups -OCH3 is 1. The number of thiophene rings is 1. The van der Waals surface area contributed by atoms with Crippen LogP contribution in [0.5, 0.6) is 5.75 Å². The second-order valence-corrected chi connectivity index (χ2v) is 6.49. The molecule has 0 saturated heterocycles. The second kappa shape index (κ2) is 8.68. The number of guanidine groups is 1. The lowest BCUT2D eigenvalue weighted by atomic mass is 10.1. The van der Waals surface area contributed by atoms with E-state index in [1.165, 1.54) is 18.7 Å². The van der Waals surface area contributed by atoms with Crippen molar-refractivity contribution in [1.82, 2.24) is 10.2 Å². The normalized spacial score (nSPS) is 12.8. The lowest BCUT2D eigenvalue weighted by Crippen LogP contribution is -2.40. The lowest BCUT2D eigenvalue weighted by Gasteiger charge is -2.23. The standard InChI is InChI=1S/C18H24FN3OS/c1-13(15-7-8-24-12-15)10-21-18(20-2)22(3)11-14-5-6-17(23-4)16(19)9-14/h5-9,12-13H,10-11H2,1-4H3,(H,20,21). The molecular weight excluding hydrogens is 325 g/mol.